The number of rotatable bonds is 6. The lowest BCUT2D eigenvalue weighted by molar-refractivity contribution is 0.102. The number of phenols is 2. The predicted molar refractivity (Wildman–Crippen MR) is 130 cm³/mol. The molecule has 4 aromatic rings. The van der Waals surface area contributed by atoms with Crippen LogP contribution >= 0.6 is 0 Å². The molecule has 0 aromatic heterocycles. The zero-order valence-corrected chi connectivity index (χ0v) is 19.0. The number of hydrogen-bond acceptors (Lipinski definition) is 7. The molecule has 0 bridgehead atoms. The maximum absolute atomic E-state index is 13.1. The number of carbonyl (C=O) groups is 1. The number of sulfone groups is 1. The quantitative estimate of drug-likeness (QED) is 0.308. The largest absolute Gasteiger partial charge is 0.507 e. The van der Waals surface area contributed by atoms with Crippen LogP contribution in [0.3, 0.4) is 0 Å². The third kappa shape index (κ3) is 4.60. The third-order valence-electron chi connectivity index (χ3n) is 5.20. The monoisotopic (exact) mass is 475 g/mol. The lowest BCUT2D eigenvalue weighted by Crippen LogP contribution is -2.12. The standard InChI is InChI=1S/C25H21N3O5S/c1-2-34(32,33)18-12-13-21(29)20(15-18)27-28-24-19-11-7-6-8-16(19)14-22(30)23(24)25(31)26-17-9-4-3-5-10-17/h3-15,29-30H,2H2,1H3,(H,26,31). The first kappa shape index (κ1) is 22.9. The number of aromatic hydroxyl groups is 2. The second kappa shape index (κ2) is 9.32. The fraction of sp³-hybridized carbons (Fsp3) is 0.0800. The Balaban J connectivity index is 1.85. The van der Waals surface area contributed by atoms with Gasteiger partial charge in [-0.05, 0) is 41.8 Å². The van der Waals surface area contributed by atoms with E-state index in [4.69, 9.17) is 0 Å². The Hall–Kier alpha value is -4.24. The first-order valence-electron chi connectivity index (χ1n) is 10.4. The minimum absolute atomic E-state index is 0.00967. The lowest BCUT2D eigenvalue weighted by atomic mass is 10.0. The van der Waals surface area contributed by atoms with E-state index in [2.05, 4.69) is 15.5 Å². The van der Waals surface area contributed by atoms with E-state index in [0.29, 0.717) is 16.5 Å². The number of azo groups is 1. The summed E-state index contributed by atoms with van der Waals surface area (Å²) >= 11 is 0. The SMILES string of the molecule is CCS(=O)(=O)c1ccc(O)c(N=Nc2c(C(=O)Nc3ccccc3)c(O)cc3ccccc23)c1. The van der Waals surface area contributed by atoms with Gasteiger partial charge in [0.25, 0.3) is 5.91 Å². The molecule has 172 valence electrons. The zero-order chi connectivity index (χ0) is 24.3. The van der Waals surface area contributed by atoms with Crippen molar-refractivity contribution >= 4 is 43.6 Å². The molecule has 1 amide bonds. The van der Waals surface area contributed by atoms with Crippen molar-refractivity contribution in [3.8, 4) is 11.5 Å². The molecule has 0 radical (unpaired) electrons. The third-order valence-corrected chi connectivity index (χ3v) is 6.94. The van der Waals surface area contributed by atoms with Crippen LogP contribution in [0.15, 0.2) is 94.0 Å². The smallest absolute Gasteiger partial charge is 0.261 e. The van der Waals surface area contributed by atoms with Crippen molar-refractivity contribution in [2.24, 2.45) is 10.2 Å². The van der Waals surface area contributed by atoms with E-state index in [1.165, 1.54) is 31.2 Å². The van der Waals surface area contributed by atoms with Crippen molar-refractivity contribution in [3.05, 3.63) is 84.4 Å². The summed E-state index contributed by atoms with van der Waals surface area (Å²) in [6.45, 7) is 1.51. The Morgan fingerprint density at radius 2 is 1.59 bits per heavy atom. The van der Waals surface area contributed by atoms with Crippen molar-refractivity contribution in [3.63, 3.8) is 0 Å². The molecule has 0 fully saturated rings. The number of nitrogens with zero attached hydrogens (tertiary/aromatic N) is 2. The molecule has 0 aliphatic heterocycles. The zero-order valence-electron chi connectivity index (χ0n) is 18.1. The fourth-order valence-electron chi connectivity index (χ4n) is 3.40. The Labute approximate surface area is 196 Å². The molecule has 0 aliphatic rings. The summed E-state index contributed by atoms with van der Waals surface area (Å²) in [5.74, 6) is -1.30. The van der Waals surface area contributed by atoms with Crippen LogP contribution in [0.4, 0.5) is 17.1 Å². The van der Waals surface area contributed by atoms with Crippen LogP contribution in [-0.2, 0) is 9.84 Å². The number of para-hydroxylation sites is 1. The van der Waals surface area contributed by atoms with Gasteiger partial charge in [-0.3, -0.25) is 4.79 Å². The van der Waals surface area contributed by atoms with Crippen molar-refractivity contribution in [1.82, 2.24) is 0 Å². The number of benzene rings is 4. The number of hydrogen-bond donors (Lipinski definition) is 3. The Morgan fingerprint density at radius 1 is 0.882 bits per heavy atom. The topological polar surface area (TPSA) is 128 Å². The molecule has 0 spiro atoms. The van der Waals surface area contributed by atoms with Crippen molar-refractivity contribution in [2.75, 3.05) is 11.1 Å². The second-order valence-corrected chi connectivity index (χ2v) is 9.69. The number of amides is 1. The van der Waals surface area contributed by atoms with Gasteiger partial charge in [-0.2, -0.15) is 0 Å². The molecule has 4 rings (SSSR count). The van der Waals surface area contributed by atoms with Gasteiger partial charge >= 0.3 is 0 Å². The van der Waals surface area contributed by atoms with Crippen molar-refractivity contribution in [2.45, 2.75) is 11.8 Å². The van der Waals surface area contributed by atoms with E-state index in [1.807, 2.05) is 6.07 Å². The molecular weight excluding hydrogens is 454 g/mol. The van der Waals surface area contributed by atoms with Gasteiger partial charge in [-0.1, -0.05) is 49.4 Å². The van der Waals surface area contributed by atoms with E-state index in [-0.39, 0.29) is 39.1 Å². The normalized spacial score (nSPS) is 11.7. The van der Waals surface area contributed by atoms with Crippen molar-refractivity contribution in [1.29, 1.82) is 0 Å². The van der Waals surface area contributed by atoms with Crippen LogP contribution in [0.2, 0.25) is 0 Å². The van der Waals surface area contributed by atoms with Gasteiger partial charge in [0.05, 0.1) is 10.6 Å². The van der Waals surface area contributed by atoms with Gasteiger partial charge in [0, 0.05) is 11.1 Å². The Bertz CT molecular complexity index is 1520. The van der Waals surface area contributed by atoms with E-state index < -0.39 is 15.7 Å². The first-order chi connectivity index (χ1) is 16.3. The predicted octanol–water partition coefficient (Wildman–Crippen LogP) is 5.71. The number of anilines is 1. The summed E-state index contributed by atoms with van der Waals surface area (Å²) in [5.41, 5.74) is 0.407. The van der Waals surface area contributed by atoms with Gasteiger partial charge in [0.2, 0.25) is 0 Å². The van der Waals surface area contributed by atoms with Gasteiger partial charge < -0.3 is 15.5 Å². The van der Waals surface area contributed by atoms with Crippen LogP contribution in [0, 0.1) is 0 Å². The van der Waals surface area contributed by atoms with E-state index in [0.717, 1.165) is 0 Å². The Morgan fingerprint density at radius 3 is 2.32 bits per heavy atom. The second-order valence-electron chi connectivity index (χ2n) is 7.41. The molecule has 8 nitrogen and oxygen atoms in total. The fourth-order valence-corrected chi connectivity index (χ4v) is 4.30. The molecule has 0 heterocycles. The van der Waals surface area contributed by atoms with E-state index in [1.54, 1.807) is 48.5 Å². The molecule has 9 heteroatoms. The number of carbonyl (C=O) groups excluding carboxylic acids is 1. The maximum atomic E-state index is 13.1. The molecule has 3 N–H and O–H groups in total. The average Bonchev–Trinajstić information content (AvgIpc) is 2.83. The number of phenolic OH excluding ortho intramolecular Hbond substituents is 2. The van der Waals surface area contributed by atoms with Crippen LogP contribution in [-0.4, -0.2) is 30.3 Å². The van der Waals surface area contributed by atoms with E-state index in [9.17, 15) is 23.4 Å². The maximum Gasteiger partial charge on any atom is 0.261 e. The van der Waals surface area contributed by atoms with Gasteiger partial charge in [-0.15, -0.1) is 10.2 Å². The number of fused-ring (bicyclic) bond motifs is 1. The van der Waals surface area contributed by atoms with Crippen LogP contribution in [0.25, 0.3) is 10.8 Å². The highest BCUT2D eigenvalue weighted by Gasteiger charge is 2.21. The molecule has 0 saturated carbocycles. The van der Waals surface area contributed by atoms with Gasteiger partial charge in [-0.25, -0.2) is 8.42 Å². The summed E-state index contributed by atoms with van der Waals surface area (Å²) in [4.78, 5) is 13.1. The molecule has 0 saturated heterocycles. The van der Waals surface area contributed by atoms with Crippen molar-refractivity contribution < 1.29 is 23.4 Å². The molecule has 0 unspecified atom stereocenters. The molecule has 0 aliphatic carbocycles. The summed E-state index contributed by atoms with van der Waals surface area (Å²) in [6, 6.07) is 20.9. The Kier molecular flexibility index (Phi) is 6.29. The lowest BCUT2D eigenvalue weighted by Gasteiger charge is -2.12. The van der Waals surface area contributed by atoms with Crippen LogP contribution in [0.1, 0.15) is 17.3 Å². The van der Waals surface area contributed by atoms with E-state index >= 15 is 0 Å². The highest BCUT2D eigenvalue weighted by Crippen LogP contribution is 2.39. The minimum atomic E-state index is -3.53. The molecular formula is C25H21N3O5S. The van der Waals surface area contributed by atoms with Crippen LogP contribution in [0.5, 0.6) is 11.5 Å². The highest BCUT2D eigenvalue weighted by atomic mass is 32.2. The van der Waals surface area contributed by atoms with Gasteiger partial charge in [0.15, 0.2) is 9.84 Å². The highest BCUT2D eigenvalue weighted by molar-refractivity contribution is 7.91. The summed E-state index contributed by atoms with van der Waals surface area (Å²) in [7, 11) is -3.53. The number of nitrogens with one attached hydrogen (secondary N) is 1. The van der Waals surface area contributed by atoms with Gasteiger partial charge in [0.1, 0.15) is 28.4 Å². The average molecular weight is 476 g/mol. The summed E-state index contributed by atoms with van der Waals surface area (Å²) < 4.78 is 24.5. The summed E-state index contributed by atoms with van der Waals surface area (Å²) in [6.07, 6.45) is 0. The molecule has 34 heavy (non-hydrogen) atoms. The minimum Gasteiger partial charge on any atom is -0.507 e. The first-order valence-corrected chi connectivity index (χ1v) is 12.0. The molecule has 0 atom stereocenters. The molecule has 4 aromatic carbocycles. The van der Waals surface area contributed by atoms with Crippen LogP contribution < -0.4 is 5.32 Å². The summed E-state index contributed by atoms with van der Waals surface area (Å²) in [5, 5.41) is 33.0.